The quantitative estimate of drug-likeness (QED) is 0.685. The second kappa shape index (κ2) is 9.82. The third-order valence-electron chi connectivity index (χ3n) is 6.72. The largest absolute Gasteiger partial charge is 0.489 e. The maximum atomic E-state index is 14.7. The standard InChI is InChI=1S/C26H33FN2O2/c1-18-12-19(14-29-15-22(16-29)26(30)28-2)9-11-25(18)31-17-20-8-10-23(24(27)13-20)21-6-4-3-5-7-21/h8-13,21-22H,3-7,14-17H2,1-2H3,(H,28,30). The van der Waals surface area contributed by atoms with E-state index < -0.39 is 0 Å². The van der Waals surface area contributed by atoms with Crippen molar-refractivity contribution in [1.82, 2.24) is 10.2 Å². The van der Waals surface area contributed by atoms with Crippen LogP contribution in [-0.4, -0.2) is 30.9 Å². The molecule has 0 aromatic heterocycles. The number of carbonyl (C=O) groups is 1. The molecule has 0 unspecified atom stereocenters. The molecule has 1 N–H and O–H groups in total. The maximum Gasteiger partial charge on any atom is 0.225 e. The molecule has 31 heavy (non-hydrogen) atoms. The van der Waals surface area contributed by atoms with Gasteiger partial charge in [-0.2, -0.15) is 0 Å². The van der Waals surface area contributed by atoms with Crippen LogP contribution in [0.4, 0.5) is 4.39 Å². The van der Waals surface area contributed by atoms with E-state index >= 15 is 0 Å². The van der Waals surface area contributed by atoms with Crippen LogP contribution in [0.25, 0.3) is 0 Å². The number of nitrogens with zero attached hydrogens (tertiary/aromatic N) is 1. The molecular formula is C26H33FN2O2. The van der Waals surface area contributed by atoms with Crippen LogP contribution in [0.3, 0.4) is 0 Å². The van der Waals surface area contributed by atoms with Crippen LogP contribution >= 0.6 is 0 Å². The van der Waals surface area contributed by atoms with Crippen molar-refractivity contribution >= 4 is 5.91 Å². The molecule has 1 aliphatic carbocycles. The summed E-state index contributed by atoms with van der Waals surface area (Å²) in [7, 11) is 1.69. The van der Waals surface area contributed by atoms with Gasteiger partial charge in [0.1, 0.15) is 18.2 Å². The van der Waals surface area contributed by atoms with Gasteiger partial charge in [-0.05, 0) is 60.1 Å². The SMILES string of the molecule is CNC(=O)C1CN(Cc2ccc(OCc3ccc(C4CCCCC4)c(F)c3)c(C)c2)C1. The molecule has 1 heterocycles. The van der Waals surface area contributed by atoms with Crippen LogP contribution in [0.1, 0.15) is 60.3 Å². The van der Waals surface area contributed by atoms with Gasteiger partial charge >= 0.3 is 0 Å². The first kappa shape index (κ1) is 21.8. The molecule has 2 fully saturated rings. The number of nitrogens with one attached hydrogen (secondary N) is 1. The van der Waals surface area contributed by atoms with Crippen molar-refractivity contribution in [3.63, 3.8) is 0 Å². The predicted octanol–water partition coefficient (Wildman–Crippen LogP) is 4.94. The number of carbonyl (C=O) groups excluding carboxylic acids is 1. The van der Waals surface area contributed by atoms with Crippen molar-refractivity contribution in [2.75, 3.05) is 20.1 Å². The molecule has 2 aliphatic rings. The third kappa shape index (κ3) is 5.27. The van der Waals surface area contributed by atoms with Crippen LogP contribution in [0, 0.1) is 18.7 Å². The highest BCUT2D eigenvalue weighted by Gasteiger charge is 2.31. The molecule has 0 bridgehead atoms. The fourth-order valence-corrected chi connectivity index (χ4v) is 4.87. The third-order valence-corrected chi connectivity index (χ3v) is 6.72. The van der Waals surface area contributed by atoms with E-state index in [0.29, 0.717) is 12.5 Å². The lowest BCUT2D eigenvalue weighted by Gasteiger charge is -2.38. The topological polar surface area (TPSA) is 41.6 Å². The van der Waals surface area contributed by atoms with Gasteiger partial charge in [-0.1, -0.05) is 43.5 Å². The van der Waals surface area contributed by atoms with Crippen molar-refractivity contribution in [1.29, 1.82) is 0 Å². The van der Waals surface area contributed by atoms with Crippen molar-refractivity contribution in [2.24, 2.45) is 5.92 Å². The lowest BCUT2D eigenvalue weighted by Crippen LogP contribution is -2.52. The minimum absolute atomic E-state index is 0.0929. The first-order valence-corrected chi connectivity index (χ1v) is 11.5. The van der Waals surface area contributed by atoms with Crippen molar-refractivity contribution < 1.29 is 13.9 Å². The van der Waals surface area contributed by atoms with E-state index in [1.54, 1.807) is 13.1 Å². The molecule has 1 aliphatic heterocycles. The van der Waals surface area contributed by atoms with Gasteiger partial charge in [0.15, 0.2) is 0 Å². The second-order valence-electron chi connectivity index (χ2n) is 9.08. The monoisotopic (exact) mass is 424 g/mol. The molecule has 5 heteroatoms. The Bertz CT molecular complexity index is 918. The van der Waals surface area contributed by atoms with Crippen LogP contribution < -0.4 is 10.1 Å². The molecule has 4 nitrogen and oxygen atoms in total. The average Bonchev–Trinajstić information content (AvgIpc) is 2.75. The van der Waals surface area contributed by atoms with E-state index in [1.807, 2.05) is 25.1 Å². The van der Waals surface area contributed by atoms with E-state index in [4.69, 9.17) is 4.74 Å². The van der Waals surface area contributed by atoms with Gasteiger partial charge in [-0.25, -0.2) is 4.39 Å². The van der Waals surface area contributed by atoms with Gasteiger partial charge in [0, 0.05) is 26.7 Å². The molecule has 2 aromatic carbocycles. The summed E-state index contributed by atoms with van der Waals surface area (Å²) in [5.74, 6) is 1.34. The molecule has 0 radical (unpaired) electrons. The van der Waals surface area contributed by atoms with E-state index in [2.05, 4.69) is 22.3 Å². The molecule has 4 rings (SSSR count). The van der Waals surface area contributed by atoms with Crippen molar-refractivity contribution in [3.8, 4) is 5.75 Å². The highest BCUT2D eigenvalue weighted by atomic mass is 19.1. The second-order valence-corrected chi connectivity index (χ2v) is 9.08. The Morgan fingerprint density at radius 3 is 2.52 bits per heavy atom. The van der Waals surface area contributed by atoms with Crippen LogP contribution in [0.2, 0.25) is 0 Å². The number of ether oxygens (including phenoxy) is 1. The summed E-state index contributed by atoms with van der Waals surface area (Å²) in [6, 6.07) is 11.8. The Morgan fingerprint density at radius 1 is 1.10 bits per heavy atom. The molecule has 0 spiro atoms. The Labute approximate surface area is 184 Å². The van der Waals surface area contributed by atoms with Crippen molar-refractivity contribution in [2.45, 2.75) is 58.1 Å². The zero-order valence-electron chi connectivity index (χ0n) is 18.6. The summed E-state index contributed by atoms with van der Waals surface area (Å²) < 4.78 is 20.7. The molecular weight excluding hydrogens is 391 g/mol. The molecule has 1 saturated carbocycles. The fraction of sp³-hybridized carbons (Fsp3) is 0.500. The Morgan fingerprint density at radius 2 is 1.84 bits per heavy atom. The smallest absolute Gasteiger partial charge is 0.225 e. The molecule has 1 saturated heterocycles. The first-order valence-electron chi connectivity index (χ1n) is 11.5. The summed E-state index contributed by atoms with van der Waals surface area (Å²) in [5, 5.41) is 2.71. The van der Waals surface area contributed by atoms with E-state index in [-0.39, 0.29) is 17.6 Å². The summed E-state index contributed by atoms with van der Waals surface area (Å²) in [5.41, 5.74) is 4.01. The Kier molecular flexibility index (Phi) is 6.91. The summed E-state index contributed by atoms with van der Waals surface area (Å²) >= 11 is 0. The van der Waals surface area contributed by atoms with E-state index in [0.717, 1.165) is 54.9 Å². The van der Waals surface area contributed by atoms with Gasteiger partial charge in [0.05, 0.1) is 5.92 Å². The zero-order valence-corrected chi connectivity index (χ0v) is 18.6. The highest BCUT2D eigenvalue weighted by Crippen LogP contribution is 2.34. The molecule has 2 aromatic rings. The normalized spacial score (nSPS) is 17.9. The predicted molar refractivity (Wildman–Crippen MR) is 121 cm³/mol. The van der Waals surface area contributed by atoms with Gasteiger partial charge in [-0.3, -0.25) is 9.69 Å². The summed E-state index contributed by atoms with van der Waals surface area (Å²) in [4.78, 5) is 13.9. The van der Waals surface area contributed by atoms with E-state index in [1.165, 1.54) is 24.8 Å². The van der Waals surface area contributed by atoms with Crippen LogP contribution in [0.15, 0.2) is 36.4 Å². The average molecular weight is 425 g/mol. The van der Waals surface area contributed by atoms with Crippen LogP contribution in [-0.2, 0) is 17.9 Å². The number of hydrogen-bond acceptors (Lipinski definition) is 3. The number of rotatable bonds is 7. The lowest BCUT2D eigenvalue weighted by atomic mass is 9.83. The van der Waals surface area contributed by atoms with Gasteiger partial charge in [-0.15, -0.1) is 0 Å². The van der Waals surface area contributed by atoms with Crippen LogP contribution in [0.5, 0.6) is 5.75 Å². The number of halogens is 1. The van der Waals surface area contributed by atoms with Gasteiger partial charge < -0.3 is 10.1 Å². The number of amides is 1. The van der Waals surface area contributed by atoms with Crippen molar-refractivity contribution in [3.05, 3.63) is 64.5 Å². The first-order chi connectivity index (χ1) is 15.0. The number of hydrogen-bond donors (Lipinski definition) is 1. The Hall–Kier alpha value is -2.40. The molecule has 1 amide bonds. The Balaban J connectivity index is 1.31. The highest BCUT2D eigenvalue weighted by molar-refractivity contribution is 5.79. The van der Waals surface area contributed by atoms with Gasteiger partial charge in [0.25, 0.3) is 0 Å². The lowest BCUT2D eigenvalue weighted by molar-refractivity contribution is -0.129. The summed E-state index contributed by atoms with van der Waals surface area (Å²) in [6.07, 6.45) is 5.88. The number of benzene rings is 2. The van der Waals surface area contributed by atoms with E-state index in [9.17, 15) is 9.18 Å². The maximum absolute atomic E-state index is 14.7. The number of likely N-dealkylation sites (tertiary alicyclic amines) is 1. The minimum atomic E-state index is -0.0929. The van der Waals surface area contributed by atoms with Gasteiger partial charge in [0.2, 0.25) is 5.91 Å². The number of aryl methyl sites for hydroxylation is 1. The minimum Gasteiger partial charge on any atom is -0.489 e. The molecule has 166 valence electrons. The fourth-order valence-electron chi connectivity index (χ4n) is 4.87. The zero-order chi connectivity index (χ0) is 21.8. The summed E-state index contributed by atoms with van der Waals surface area (Å²) in [6.45, 7) is 4.85. The molecule has 0 atom stereocenters.